The Hall–Kier alpha value is -0.610. The van der Waals surface area contributed by atoms with E-state index in [0.717, 1.165) is 12.8 Å². The third-order valence-corrected chi connectivity index (χ3v) is 2.79. The first-order valence-electron chi connectivity index (χ1n) is 6.37. The first-order chi connectivity index (χ1) is 7.68. The molecule has 1 atom stereocenters. The first-order valence-corrected chi connectivity index (χ1v) is 6.37. The molecule has 4 nitrogen and oxygen atoms in total. The van der Waals surface area contributed by atoms with Crippen LogP contribution in [0.4, 0.5) is 0 Å². The van der Waals surface area contributed by atoms with E-state index in [1.807, 2.05) is 0 Å². The van der Waals surface area contributed by atoms with Gasteiger partial charge in [-0.3, -0.25) is 4.79 Å². The maximum Gasteiger partial charge on any atom is 0.320 e. The Morgan fingerprint density at radius 1 is 1.06 bits per heavy atom. The second-order valence-corrected chi connectivity index (χ2v) is 4.35. The van der Waals surface area contributed by atoms with E-state index >= 15 is 0 Å². The van der Waals surface area contributed by atoms with E-state index in [1.165, 1.54) is 38.5 Å². The largest absolute Gasteiger partial charge is 0.480 e. The summed E-state index contributed by atoms with van der Waals surface area (Å²) in [6.07, 6.45) is 11.2. The zero-order valence-corrected chi connectivity index (χ0v) is 10.2. The Balaban J connectivity index is 0.000000315. The van der Waals surface area contributed by atoms with E-state index in [-0.39, 0.29) is 0 Å². The molecule has 0 saturated heterocycles. The van der Waals surface area contributed by atoms with Crippen molar-refractivity contribution in [3.63, 3.8) is 0 Å². The molecule has 0 aliphatic heterocycles. The first kappa shape index (κ1) is 15.4. The topological polar surface area (TPSA) is 89.3 Å². The maximum absolute atomic E-state index is 10.1. The lowest BCUT2D eigenvalue weighted by Gasteiger charge is -2.05. The number of rotatable bonds is 5. The number of hydrogen-bond acceptors (Lipinski definition) is 3. The highest BCUT2D eigenvalue weighted by molar-refractivity contribution is 5.72. The average molecular weight is 230 g/mol. The van der Waals surface area contributed by atoms with Gasteiger partial charge < -0.3 is 16.6 Å². The van der Waals surface area contributed by atoms with Crippen LogP contribution in [-0.4, -0.2) is 23.7 Å². The van der Waals surface area contributed by atoms with Crippen LogP contribution in [0.3, 0.4) is 0 Å². The van der Waals surface area contributed by atoms with Crippen LogP contribution < -0.4 is 11.5 Å². The monoisotopic (exact) mass is 230 g/mol. The van der Waals surface area contributed by atoms with Gasteiger partial charge in [-0.25, -0.2) is 0 Å². The normalized spacial score (nSPS) is 17.1. The summed E-state index contributed by atoms with van der Waals surface area (Å²) in [7, 11) is 0. The Morgan fingerprint density at radius 2 is 1.50 bits per heavy atom. The number of hydrogen-bond donors (Lipinski definition) is 3. The minimum Gasteiger partial charge on any atom is -0.480 e. The molecule has 0 aromatic heterocycles. The van der Waals surface area contributed by atoms with Crippen LogP contribution in [0.15, 0.2) is 0 Å². The van der Waals surface area contributed by atoms with Crippen LogP contribution in [0.5, 0.6) is 0 Å². The number of carboxylic acid groups (broad SMARTS) is 1. The molecule has 1 aliphatic rings. The van der Waals surface area contributed by atoms with Gasteiger partial charge in [0.15, 0.2) is 0 Å². The van der Waals surface area contributed by atoms with Crippen molar-refractivity contribution in [3.8, 4) is 0 Å². The number of carbonyl (C=O) groups is 1. The van der Waals surface area contributed by atoms with Crippen molar-refractivity contribution in [2.24, 2.45) is 11.5 Å². The predicted molar refractivity (Wildman–Crippen MR) is 66.2 cm³/mol. The Labute approximate surface area is 98.4 Å². The van der Waals surface area contributed by atoms with Gasteiger partial charge in [-0.1, -0.05) is 44.9 Å². The lowest BCUT2D eigenvalue weighted by Crippen LogP contribution is -2.29. The zero-order chi connectivity index (χ0) is 12.2. The van der Waals surface area contributed by atoms with Crippen molar-refractivity contribution in [3.05, 3.63) is 0 Å². The highest BCUT2D eigenvalue weighted by Gasteiger charge is 2.09. The molecule has 1 saturated carbocycles. The molecule has 0 spiro atoms. The average Bonchev–Trinajstić information content (AvgIpc) is 2.32. The molecule has 1 fully saturated rings. The molecule has 16 heavy (non-hydrogen) atoms. The molecular weight excluding hydrogens is 204 g/mol. The fraction of sp³-hybridized carbons (Fsp3) is 0.917. The molecule has 5 N–H and O–H groups in total. The zero-order valence-electron chi connectivity index (χ0n) is 10.2. The fourth-order valence-electron chi connectivity index (χ4n) is 1.69. The van der Waals surface area contributed by atoms with Crippen molar-refractivity contribution in [2.75, 3.05) is 6.54 Å². The van der Waals surface area contributed by atoms with Crippen LogP contribution in [0.25, 0.3) is 0 Å². The minimum absolute atomic E-state index is 0.520. The summed E-state index contributed by atoms with van der Waals surface area (Å²) in [5, 5.41) is 8.33. The number of carboxylic acids is 1. The molecule has 0 radical (unpaired) electrons. The summed E-state index contributed by atoms with van der Waals surface area (Å²) in [6, 6.07) is -0.716. The van der Waals surface area contributed by atoms with E-state index in [1.54, 1.807) is 0 Å². The Bertz CT molecular complexity index is 159. The summed E-state index contributed by atoms with van der Waals surface area (Å²) in [6.45, 7) is 0.604. The number of unbranched alkanes of at least 4 members (excludes halogenated alkanes) is 1. The molecular formula is C12H26N2O2. The molecule has 0 unspecified atom stereocenters. The Morgan fingerprint density at radius 3 is 1.81 bits per heavy atom. The van der Waals surface area contributed by atoms with Crippen LogP contribution in [-0.2, 0) is 4.79 Å². The van der Waals surface area contributed by atoms with Crippen LogP contribution in [0.1, 0.15) is 57.8 Å². The summed E-state index contributed by atoms with van der Waals surface area (Å²) in [5.74, 6) is -0.933. The minimum atomic E-state index is -0.933. The highest BCUT2D eigenvalue weighted by atomic mass is 16.4. The SMILES string of the molecule is C1CCCCC1.NCCCC[C@H](N)C(=O)O. The van der Waals surface area contributed by atoms with Crippen molar-refractivity contribution in [2.45, 2.75) is 63.8 Å². The van der Waals surface area contributed by atoms with Crippen molar-refractivity contribution < 1.29 is 9.90 Å². The van der Waals surface area contributed by atoms with E-state index in [9.17, 15) is 4.79 Å². The van der Waals surface area contributed by atoms with Gasteiger partial charge in [-0.05, 0) is 19.4 Å². The molecule has 4 heteroatoms. The molecule has 96 valence electrons. The Kier molecular flexibility index (Phi) is 10.5. The van der Waals surface area contributed by atoms with Crippen molar-refractivity contribution >= 4 is 5.97 Å². The van der Waals surface area contributed by atoms with E-state index in [0.29, 0.717) is 13.0 Å². The molecule has 0 amide bonds. The van der Waals surface area contributed by atoms with Gasteiger partial charge >= 0.3 is 5.97 Å². The third kappa shape index (κ3) is 9.93. The summed E-state index contributed by atoms with van der Waals surface area (Å²) in [5.41, 5.74) is 10.4. The van der Waals surface area contributed by atoms with Crippen molar-refractivity contribution in [1.29, 1.82) is 0 Å². The standard InChI is InChI=1S/C6H14N2O2.C6H12/c7-4-2-1-3-5(8)6(9)10;1-2-4-6-5-3-1/h5H,1-4,7-8H2,(H,9,10);1-6H2/t5-;/m0./s1. The highest BCUT2D eigenvalue weighted by Crippen LogP contribution is 2.15. The predicted octanol–water partition coefficient (Wildman–Crippen LogP) is 1.87. The summed E-state index contributed by atoms with van der Waals surface area (Å²) < 4.78 is 0. The maximum atomic E-state index is 10.1. The molecule has 0 bridgehead atoms. The van der Waals surface area contributed by atoms with Crippen LogP contribution in [0, 0.1) is 0 Å². The third-order valence-electron chi connectivity index (χ3n) is 2.79. The van der Waals surface area contributed by atoms with Crippen LogP contribution in [0.2, 0.25) is 0 Å². The van der Waals surface area contributed by atoms with Gasteiger partial charge in [0.2, 0.25) is 0 Å². The smallest absolute Gasteiger partial charge is 0.320 e. The van der Waals surface area contributed by atoms with E-state index in [4.69, 9.17) is 16.6 Å². The molecule has 0 aromatic rings. The molecule has 0 aromatic carbocycles. The number of aliphatic carboxylic acids is 1. The molecule has 1 rings (SSSR count). The van der Waals surface area contributed by atoms with E-state index < -0.39 is 12.0 Å². The van der Waals surface area contributed by atoms with Crippen molar-refractivity contribution in [1.82, 2.24) is 0 Å². The summed E-state index contributed by atoms with van der Waals surface area (Å²) in [4.78, 5) is 10.1. The quantitative estimate of drug-likeness (QED) is 0.629. The van der Waals surface area contributed by atoms with E-state index in [2.05, 4.69) is 0 Å². The number of nitrogens with two attached hydrogens (primary N) is 2. The van der Waals surface area contributed by atoms with Crippen LogP contribution >= 0.6 is 0 Å². The molecule has 0 heterocycles. The van der Waals surface area contributed by atoms with Gasteiger partial charge in [-0.2, -0.15) is 0 Å². The second kappa shape index (κ2) is 10.9. The summed E-state index contributed by atoms with van der Waals surface area (Å²) >= 11 is 0. The van der Waals surface area contributed by atoms with Gasteiger partial charge in [0.25, 0.3) is 0 Å². The lowest BCUT2D eigenvalue weighted by molar-refractivity contribution is -0.138. The van der Waals surface area contributed by atoms with Gasteiger partial charge in [-0.15, -0.1) is 0 Å². The molecule has 1 aliphatic carbocycles. The van der Waals surface area contributed by atoms with Gasteiger partial charge in [0.05, 0.1) is 0 Å². The fourth-order valence-corrected chi connectivity index (χ4v) is 1.69. The lowest BCUT2D eigenvalue weighted by atomic mass is 10.0. The van der Waals surface area contributed by atoms with Gasteiger partial charge in [0, 0.05) is 0 Å². The second-order valence-electron chi connectivity index (χ2n) is 4.35. The van der Waals surface area contributed by atoms with Gasteiger partial charge in [0.1, 0.15) is 6.04 Å².